The number of aromatic nitrogens is 2. The van der Waals surface area contributed by atoms with Gasteiger partial charge in [0, 0.05) is 42.9 Å². The Morgan fingerprint density at radius 3 is 3.05 bits per heavy atom. The van der Waals surface area contributed by atoms with Gasteiger partial charge in [0.05, 0.1) is 5.69 Å². The van der Waals surface area contributed by atoms with Gasteiger partial charge < -0.3 is 10.6 Å². The van der Waals surface area contributed by atoms with Crippen molar-refractivity contribution in [2.24, 2.45) is 5.73 Å². The number of hydrogen-bond acceptors (Lipinski definition) is 4. The largest absolute Gasteiger partial charge is 0.337 e. The highest BCUT2D eigenvalue weighted by atomic mass is 15.3. The number of benzene rings is 1. The molecule has 2 heterocycles. The molecule has 20 heavy (non-hydrogen) atoms. The molecule has 1 aliphatic heterocycles. The fourth-order valence-corrected chi connectivity index (χ4v) is 3.35. The van der Waals surface area contributed by atoms with Crippen molar-refractivity contribution in [1.82, 2.24) is 9.97 Å². The molecule has 0 radical (unpaired) electrons. The summed E-state index contributed by atoms with van der Waals surface area (Å²) in [5.41, 5.74) is 10.8. The van der Waals surface area contributed by atoms with E-state index in [-0.39, 0.29) is 0 Å². The first-order valence-electron chi connectivity index (χ1n) is 7.27. The van der Waals surface area contributed by atoms with Gasteiger partial charge in [-0.25, -0.2) is 9.97 Å². The van der Waals surface area contributed by atoms with Gasteiger partial charge in [-0.15, -0.1) is 0 Å². The van der Waals surface area contributed by atoms with Crippen molar-refractivity contribution in [2.45, 2.75) is 25.3 Å². The van der Waals surface area contributed by atoms with E-state index in [1.54, 1.807) is 0 Å². The summed E-state index contributed by atoms with van der Waals surface area (Å²) in [5, 5.41) is 0. The van der Waals surface area contributed by atoms with Gasteiger partial charge >= 0.3 is 0 Å². The molecule has 4 nitrogen and oxygen atoms in total. The van der Waals surface area contributed by atoms with E-state index in [1.807, 2.05) is 6.20 Å². The zero-order chi connectivity index (χ0) is 13.5. The Morgan fingerprint density at radius 1 is 1.25 bits per heavy atom. The van der Waals surface area contributed by atoms with Crippen molar-refractivity contribution >= 4 is 5.95 Å². The Bertz CT molecular complexity index is 653. The molecule has 0 spiro atoms. The maximum Gasteiger partial charge on any atom is 0.226 e. The van der Waals surface area contributed by atoms with E-state index < -0.39 is 0 Å². The molecule has 1 unspecified atom stereocenters. The summed E-state index contributed by atoms with van der Waals surface area (Å²) >= 11 is 0. The van der Waals surface area contributed by atoms with Crippen LogP contribution >= 0.6 is 0 Å². The first kappa shape index (κ1) is 11.9. The van der Waals surface area contributed by atoms with Crippen molar-refractivity contribution in [2.75, 3.05) is 18.0 Å². The lowest BCUT2D eigenvalue weighted by molar-refractivity contribution is 0.664. The van der Waals surface area contributed by atoms with Gasteiger partial charge in [0.15, 0.2) is 0 Å². The van der Waals surface area contributed by atoms with E-state index in [2.05, 4.69) is 34.1 Å². The van der Waals surface area contributed by atoms with E-state index >= 15 is 0 Å². The van der Waals surface area contributed by atoms with E-state index in [9.17, 15) is 0 Å². The highest BCUT2D eigenvalue weighted by molar-refractivity contribution is 5.73. The molecule has 0 bridgehead atoms. The van der Waals surface area contributed by atoms with Gasteiger partial charge in [-0.05, 0) is 18.4 Å². The second-order valence-electron chi connectivity index (χ2n) is 5.60. The molecule has 4 rings (SSSR count). The third-order valence-electron chi connectivity index (χ3n) is 4.41. The second-order valence-corrected chi connectivity index (χ2v) is 5.60. The topological polar surface area (TPSA) is 55.0 Å². The van der Waals surface area contributed by atoms with Gasteiger partial charge in [-0.2, -0.15) is 0 Å². The van der Waals surface area contributed by atoms with Crippen molar-refractivity contribution in [1.29, 1.82) is 0 Å². The predicted molar refractivity (Wildman–Crippen MR) is 79.7 cm³/mol. The molecular weight excluding hydrogens is 248 g/mol. The van der Waals surface area contributed by atoms with Crippen molar-refractivity contribution in [3.63, 3.8) is 0 Å². The van der Waals surface area contributed by atoms with E-state index in [0.29, 0.717) is 12.6 Å². The van der Waals surface area contributed by atoms with Gasteiger partial charge in [-0.3, -0.25) is 0 Å². The fraction of sp³-hybridized carbons (Fsp3) is 0.375. The second kappa shape index (κ2) is 4.56. The van der Waals surface area contributed by atoms with Gasteiger partial charge in [-0.1, -0.05) is 24.3 Å². The van der Waals surface area contributed by atoms with Crippen molar-refractivity contribution < 1.29 is 0 Å². The molecule has 2 N–H and O–H groups in total. The molecule has 1 saturated heterocycles. The first-order valence-corrected chi connectivity index (χ1v) is 7.27. The Balaban J connectivity index is 1.76. The highest BCUT2D eigenvalue weighted by Crippen LogP contribution is 2.35. The molecule has 0 amide bonds. The minimum Gasteiger partial charge on any atom is -0.337 e. The lowest BCUT2D eigenvalue weighted by Crippen LogP contribution is -2.36. The number of rotatable bonds is 2. The third kappa shape index (κ3) is 1.72. The van der Waals surface area contributed by atoms with Crippen LogP contribution in [0, 0.1) is 0 Å². The van der Waals surface area contributed by atoms with Crippen LogP contribution in [-0.4, -0.2) is 29.1 Å². The Kier molecular flexibility index (Phi) is 2.70. The van der Waals surface area contributed by atoms with Gasteiger partial charge in [0.2, 0.25) is 5.95 Å². The van der Waals surface area contributed by atoms with E-state index in [4.69, 9.17) is 10.7 Å². The molecule has 1 fully saturated rings. The highest BCUT2D eigenvalue weighted by Gasteiger charge is 2.27. The van der Waals surface area contributed by atoms with Gasteiger partial charge in [0.1, 0.15) is 0 Å². The van der Waals surface area contributed by atoms with Crippen LogP contribution in [0.1, 0.15) is 24.0 Å². The van der Waals surface area contributed by atoms with E-state index in [1.165, 1.54) is 23.1 Å². The molecule has 0 saturated carbocycles. The summed E-state index contributed by atoms with van der Waals surface area (Å²) in [5.74, 6) is 0.841. The summed E-state index contributed by atoms with van der Waals surface area (Å²) in [6, 6.07) is 8.89. The summed E-state index contributed by atoms with van der Waals surface area (Å²) in [6.45, 7) is 1.69. The SMILES string of the molecule is NCC1CCCN1c1ncc2c(n1)-c1ccccc1C2. The maximum absolute atomic E-state index is 5.85. The van der Waals surface area contributed by atoms with E-state index in [0.717, 1.165) is 31.0 Å². The fourth-order valence-electron chi connectivity index (χ4n) is 3.35. The van der Waals surface area contributed by atoms with Crippen LogP contribution in [0.4, 0.5) is 5.95 Å². The lowest BCUT2D eigenvalue weighted by Gasteiger charge is -2.23. The summed E-state index contributed by atoms with van der Waals surface area (Å²) < 4.78 is 0. The lowest BCUT2D eigenvalue weighted by atomic mass is 10.1. The summed E-state index contributed by atoms with van der Waals surface area (Å²) in [7, 11) is 0. The average Bonchev–Trinajstić information content (AvgIpc) is 3.10. The van der Waals surface area contributed by atoms with Crippen LogP contribution in [-0.2, 0) is 6.42 Å². The summed E-state index contributed by atoms with van der Waals surface area (Å²) in [4.78, 5) is 11.7. The molecule has 2 aliphatic rings. The molecular formula is C16H18N4. The standard InChI is InChI=1S/C16H18N4/c17-9-13-5-3-7-20(13)16-18-10-12-8-11-4-1-2-6-14(11)15(12)19-16/h1-2,4,6,10,13H,3,5,7-9,17H2. The van der Waals surface area contributed by atoms with Gasteiger partial charge in [0.25, 0.3) is 0 Å². The van der Waals surface area contributed by atoms with Crippen LogP contribution in [0.3, 0.4) is 0 Å². The number of hydrogen-bond donors (Lipinski definition) is 1. The number of fused-ring (bicyclic) bond motifs is 3. The smallest absolute Gasteiger partial charge is 0.226 e. The average molecular weight is 266 g/mol. The minimum absolute atomic E-state index is 0.393. The minimum atomic E-state index is 0.393. The predicted octanol–water partition coefficient (Wildman–Crippen LogP) is 1.98. The van der Waals surface area contributed by atoms with Crippen LogP contribution < -0.4 is 10.6 Å². The zero-order valence-electron chi connectivity index (χ0n) is 11.4. The third-order valence-corrected chi connectivity index (χ3v) is 4.41. The summed E-state index contributed by atoms with van der Waals surface area (Å²) in [6.07, 6.45) is 5.27. The molecule has 1 aromatic carbocycles. The van der Waals surface area contributed by atoms with Crippen molar-refractivity contribution in [3.05, 3.63) is 41.6 Å². The Labute approximate surface area is 118 Å². The quantitative estimate of drug-likeness (QED) is 0.770. The Morgan fingerprint density at radius 2 is 2.15 bits per heavy atom. The normalized spacial score (nSPS) is 20.1. The molecule has 4 heteroatoms. The first-order chi connectivity index (χ1) is 9.86. The molecule has 2 aromatic rings. The maximum atomic E-state index is 5.85. The molecule has 1 aromatic heterocycles. The van der Waals surface area contributed by atoms with Crippen molar-refractivity contribution in [3.8, 4) is 11.3 Å². The molecule has 102 valence electrons. The number of nitrogens with two attached hydrogens (primary N) is 1. The number of nitrogens with zero attached hydrogens (tertiary/aromatic N) is 3. The van der Waals surface area contributed by atoms with Crippen LogP contribution in [0.25, 0.3) is 11.3 Å². The Hall–Kier alpha value is -1.94. The zero-order valence-corrected chi connectivity index (χ0v) is 11.4. The van der Waals surface area contributed by atoms with Crippen LogP contribution in [0.15, 0.2) is 30.5 Å². The molecule has 1 aliphatic carbocycles. The monoisotopic (exact) mass is 266 g/mol. The van der Waals surface area contributed by atoms with Crippen LogP contribution in [0.2, 0.25) is 0 Å². The number of anilines is 1. The molecule has 1 atom stereocenters. The van der Waals surface area contributed by atoms with Crippen LogP contribution in [0.5, 0.6) is 0 Å².